The zero-order valence-corrected chi connectivity index (χ0v) is 13.7. The maximum absolute atomic E-state index is 12.7. The smallest absolute Gasteiger partial charge is 0.367 e. The van der Waals surface area contributed by atoms with Crippen LogP contribution in [0.15, 0.2) is 54.6 Å². The lowest BCUT2D eigenvalue weighted by atomic mass is 10.0. The summed E-state index contributed by atoms with van der Waals surface area (Å²) in [5.41, 5.74) is 0.453. The Morgan fingerprint density at radius 1 is 1.04 bits per heavy atom. The lowest BCUT2D eigenvalue weighted by molar-refractivity contribution is -0.137. The first-order valence-corrected chi connectivity index (χ1v) is 8.01. The van der Waals surface area contributed by atoms with Crippen LogP contribution in [-0.4, -0.2) is 30.0 Å². The third-order valence-corrected chi connectivity index (χ3v) is 4.18. The molecule has 0 radical (unpaired) electrons. The van der Waals surface area contributed by atoms with Gasteiger partial charge in [0.25, 0.3) is 5.91 Å². The number of benzene rings is 2. The van der Waals surface area contributed by atoms with Crippen LogP contribution in [0.3, 0.4) is 0 Å². The van der Waals surface area contributed by atoms with E-state index in [1.807, 2.05) is 37.3 Å². The first kappa shape index (κ1) is 17.5. The van der Waals surface area contributed by atoms with Crippen LogP contribution in [0, 0.1) is 0 Å². The van der Waals surface area contributed by atoms with Crippen LogP contribution in [-0.2, 0) is 10.9 Å². The van der Waals surface area contributed by atoms with E-state index in [9.17, 15) is 18.0 Å². The fourth-order valence-electron chi connectivity index (χ4n) is 2.95. The van der Waals surface area contributed by atoms with Gasteiger partial charge in [0.05, 0.1) is 18.2 Å². The fourth-order valence-corrected chi connectivity index (χ4v) is 2.95. The molecule has 2 atom stereocenters. The van der Waals surface area contributed by atoms with Gasteiger partial charge < -0.3 is 9.64 Å². The van der Waals surface area contributed by atoms with Crippen molar-refractivity contribution in [3.05, 3.63) is 71.3 Å². The number of nitrogens with zero attached hydrogens (tertiary/aromatic N) is 1. The third kappa shape index (κ3) is 4.02. The average molecular weight is 349 g/mol. The topological polar surface area (TPSA) is 29.5 Å². The first-order valence-electron chi connectivity index (χ1n) is 8.01. The van der Waals surface area contributed by atoms with Gasteiger partial charge in [0.1, 0.15) is 6.10 Å². The molecule has 0 aliphatic carbocycles. The van der Waals surface area contributed by atoms with Gasteiger partial charge in [0.15, 0.2) is 0 Å². The molecule has 1 heterocycles. The van der Waals surface area contributed by atoms with Gasteiger partial charge in [-0.15, -0.1) is 0 Å². The van der Waals surface area contributed by atoms with E-state index in [0.717, 1.165) is 17.7 Å². The Morgan fingerprint density at radius 3 is 2.28 bits per heavy atom. The predicted molar refractivity (Wildman–Crippen MR) is 87.1 cm³/mol. The SMILES string of the molecule is CC1CN(C(=O)c2ccc(C(F)(F)F)cc2)CC(c2ccccc2)O1. The lowest BCUT2D eigenvalue weighted by Gasteiger charge is -2.37. The molecular weight excluding hydrogens is 331 g/mol. The Labute approximate surface area is 144 Å². The van der Waals surface area contributed by atoms with Crippen LogP contribution in [0.4, 0.5) is 13.2 Å². The molecule has 3 rings (SSSR count). The molecule has 6 heteroatoms. The van der Waals surface area contributed by atoms with Crippen LogP contribution in [0.1, 0.15) is 34.5 Å². The minimum absolute atomic E-state index is 0.155. The van der Waals surface area contributed by atoms with E-state index < -0.39 is 11.7 Å². The normalized spacial score (nSPS) is 21.2. The Hall–Kier alpha value is -2.34. The minimum Gasteiger partial charge on any atom is -0.367 e. The largest absolute Gasteiger partial charge is 0.416 e. The summed E-state index contributed by atoms with van der Waals surface area (Å²) in [5, 5.41) is 0. The molecule has 1 aliphatic rings. The van der Waals surface area contributed by atoms with Gasteiger partial charge in [-0.3, -0.25) is 4.79 Å². The van der Waals surface area contributed by atoms with Crippen LogP contribution in [0.5, 0.6) is 0 Å². The van der Waals surface area contributed by atoms with Crippen LogP contribution >= 0.6 is 0 Å². The molecule has 2 aromatic carbocycles. The quantitative estimate of drug-likeness (QED) is 0.809. The lowest BCUT2D eigenvalue weighted by Crippen LogP contribution is -2.46. The second-order valence-electron chi connectivity index (χ2n) is 6.13. The van der Waals surface area contributed by atoms with E-state index in [4.69, 9.17) is 4.74 Å². The second kappa shape index (κ2) is 6.88. The minimum atomic E-state index is -4.41. The number of hydrogen-bond acceptors (Lipinski definition) is 2. The molecule has 1 amide bonds. The number of carbonyl (C=O) groups is 1. The number of rotatable bonds is 2. The number of halogens is 3. The van der Waals surface area contributed by atoms with Crippen LogP contribution in [0.25, 0.3) is 0 Å². The summed E-state index contributed by atoms with van der Waals surface area (Å²) in [6.07, 6.45) is -4.81. The highest BCUT2D eigenvalue weighted by Crippen LogP contribution is 2.30. The second-order valence-corrected chi connectivity index (χ2v) is 6.13. The van der Waals surface area contributed by atoms with Crippen LogP contribution in [0.2, 0.25) is 0 Å². The Kier molecular flexibility index (Phi) is 4.81. The molecule has 1 fully saturated rings. The van der Waals surface area contributed by atoms with E-state index in [1.165, 1.54) is 12.1 Å². The number of hydrogen-bond donors (Lipinski definition) is 0. The van der Waals surface area contributed by atoms with E-state index >= 15 is 0 Å². The summed E-state index contributed by atoms with van der Waals surface area (Å²) in [7, 11) is 0. The first-order chi connectivity index (χ1) is 11.8. The average Bonchev–Trinajstić information content (AvgIpc) is 2.61. The van der Waals surface area contributed by atoms with Crippen molar-refractivity contribution in [3.8, 4) is 0 Å². The molecule has 132 valence electrons. The number of amides is 1. The van der Waals surface area contributed by atoms with Crippen molar-refractivity contribution in [3.63, 3.8) is 0 Å². The maximum Gasteiger partial charge on any atom is 0.416 e. The summed E-state index contributed by atoms with van der Waals surface area (Å²) >= 11 is 0. The van der Waals surface area contributed by atoms with Crippen molar-refractivity contribution < 1.29 is 22.7 Å². The Morgan fingerprint density at radius 2 is 1.68 bits per heavy atom. The number of ether oxygens (including phenoxy) is 1. The van der Waals surface area contributed by atoms with Gasteiger partial charge in [0, 0.05) is 12.1 Å². The molecule has 0 spiro atoms. The van der Waals surface area contributed by atoms with E-state index in [1.54, 1.807) is 4.90 Å². The van der Waals surface area contributed by atoms with Crippen molar-refractivity contribution in [2.24, 2.45) is 0 Å². The van der Waals surface area contributed by atoms with E-state index in [-0.39, 0.29) is 23.7 Å². The molecular formula is C19H18F3NO2. The Balaban J connectivity index is 1.77. The number of carbonyl (C=O) groups excluding carboxylic acids is 1. The standard InChI is InChI=1S/C19H18F3NO2/c1-13-11-23(12-17(25-13)14-5-3-2-4-6-14)18(24)15-7-9-16(10-8-15)19(20,21)22/h2-10,13,17H,11-12H2,1H3. The molecule has 0 bridgehead atoms. The molecule has 0 N–H and O–H groups in total. The van der Waals surface area contributed by atoms with E-state index in [2.05, 4.69) is 0 Å². The van der Waals surface area contributed by atoms with E-state index in [0.29, 0.717) is 13.1 Å². The van der Waals surface area contributed by atoms with Crippen molar-refractivity contribution in [2.75, 3.05) is 13.1 Å². The van der Waals surface area contributed by atoms with Gasteiger partial charge in [-0.05, 0) is 36.8 Å². The highest BCUT2D eigenvalue weighted by Gasteiger charge is 2.32. The predicted octanol–water partition coefficient (Wildman–Crippen LogP) is 4.31. The van der Waals surface area contributed by atoms with Gasteiger partial charge in [0.2, 0.25) is 0 Å². The summed E-state index contributed by atoms with van der Waals surface area (Å²) in [6.45, 7) is 2.65. The van der Waals surface area contributed by atoms with Crippen molar-refractivity contribution in [1.82, 2.24) is 4.90 Å². The molecule has 0 aromatic heterocycles. The molecule has 25 heavy (non-hydrogen) atoms. The van der Waals surface area contributed by atoms with Gasteiger partial charge in [-0.25, -0.2) is 0 Å². The zero-order valence-electron chi connectivity index (χ0n) is 13.7. The highest BCUT2D eigenvalue weighted by atomic mass is 19.4. The van der Waals surface area contributed by atoms with Gasteiger partial charge >= 0.3 is 6.18 Å². The zero-order chi connectivity index (χ0) is 18.0. The monoisotopic (exact) mass is 349 g/mol. The van der Waals surface area contributed by atoms with Crippen molar-refractivity contribution in [1.29, 1.82) is 0 Å². The van der Waals surface area contributed by atoms with Crippen molar-refractivity contribution in [2.45, 2.75) is 25.3 Å². The third-order valence-electron chi connectivity index (χ3n) is 4.18. The van der Waals surface area contributed by atoms with Gasteiger partial charge in [-0.1, -0.05) is 30.3 Å². The van der Waals surface area contributed by atoms with Gasteiger partial charge in [-0.2, -0.15) is 13.2 Å². The van der Waals surface area contributed by atoms with Crippen molar-refractivity contribution >= 4 is 5.91 Å². The Bertz CT molecular complexity index is 729. The fraction of sp³-hybridized carbons (Fsp3) is 0.316. The maximum atomic E-state index is 12.7. The van der Waals surface area contributed by atoms with Crippen LogP contribution < -0.4 is 0 Å². The summed E-state index contributed by atoms with van der Waals surface area (Å²) in [4.78, 5) is 14.3. The highest BCUT2D eigenvalue weighted by molar-refractivity contribution is 5.94. The number of alkyl halides is 3. The molecule has 1 aliphatic heterocycles. The molecule has 2 aromatic rings. The molecule has 1 saturated heterocycles. The number of morpholine rings is 1. The molecule has 0 saturated carbocycles. The summed E-state index contributed by atoms with van der Waals surface area (Å²) in [6, 6.07) is 13.9. The molecule has 2 unspecified atom stereocenters. The molecule has 3 nitrogen and oxygen atoms in total. The summed E-state index contributed by atoms with van der Waals surface area (Å²) < 4.78 is 43.9. The summed E-state index contributed by atoms with van der Waals surface area (Å²) in [5.74, 6) is -0.287.